The minimum Gasteiger partial charge on any atom is -0.392 e. The van der Waals surface area contributed by atoms with Crippen LogP contribution in [0.3, 0.4) is 0 Å². The molecule has 4 atom stereocenters. The topological polar surface area (TPSA) is 93.0 Å². The van der Waals surface area contributed by atoms with Crippen LogP contribution in [0.25, 0.3) is 0 Å². The smallest absolute Gasteiger partial charge is 0.111 e. The molecule has 5 heteroatoms. The van der Waals surface area contributed by atoms with Crippen molar-refractivity contribution in [2.75, 3.05) is 13.2 Å². The van der Waals surface area contributed by atoms with Crippen LogP contribution in [-0.2, 0) is 0 Å². The van der Waals surface area contributed by atoms with Gasteiger partial charge in [0.1, 0.15) is 18.3 Å². The molecule has 0 radical (unpaired) electrons. The van der Waals surface area contributed by atoms with Gasteiger partial charge in [0, 0.05) is 0 Å². The summed E-state index contributed by atoms with van der Waals surface area (Å²) in [5.41, 5.74) is 0.360. The number of aliphatic hydroxyl groups excluding tert-OH is 4. The quantitative estimate of drug-likeness (QED) is 0.315. The van der Waals surface area contributed by atoms with Crippen LogP contribution < -0.4 is 5.32 Å². The predicted molar refractivity (Wildman–Crippen MR) is 69.1 cm³/mol. The van der Waals surface area contributed by atoms with Gasteiger partial charge >= 0.3 is 0 Å². The molecule has 0 aromatic rings. The van der Waals surface area contributed by atoms with Gasteiger partial charge in [0.15, 0.2) is 0 Å². The largest absolute Gasteiger partial charge is 0.392 e. The van der Waals surface area contributed by atoms with E-state index in [1.807, 2.05) is 0 Å². The van der Waals surface area contributed by atoms with Crippen molar-refractivity contribution in [3.05, 3.63) is 11.6 Å². The van der Waals surface area contributed by atoms with Crippen molar-refractivity contribution >= 4 is 0 Å². The lowest BCUT2D eigenvalue weighted by molar-refractivity contribution is -0.0641. The van der Waals surface area contributed by atoms with Crippen molar-refractivity contribution in [2.24, 2.45) is 0 Å². The molecule has 1 aliphatic carbocycles. The Balaban J connectivity index is 2.45. The van der Waals surface area contributed by atoms with Crippen LogP contribution in [-0.4, -0.2) is 57.9 Å². The van der Waals surface area contributed by atoms with Gasteiger partial charge in [0.2, 0.25) is 0 Å². The van der Waals surface area contributed by atoms with E-state index in [2.05, 4.69) is 12.2 Å². The summed E-state index contributed by atoms with van der Waals surface area (Å²) in [5, 5.41) is 41.3. The summed E-state index contributed by atoms with van der Waals surface area (Å²) in [6, 6.07) is -0.410. The molecule has 0 aliphatic heterocycles. The zero-order valence-electron chi connectivity index (χ0n) is 10.9. The fraction of sp³-hybridized carbons (Fsp3) is 0.846. The summed E-state index contributed by atoms with van der Waals surface area (Å²) in [6.07, 6.45) is 2.66. The van der Waals surface area contributed by atoms with Crippen LogP contribution in [0.4, 0.5) is 0 Å². The third-order valence-corrected chi connectivity index (χ3v) is 3.41. The molecule has 0 unspecified atom stereocenters. The molecule has 1 aliphatic rings. The summed E-state index contributed by atoms with van der Waals surface area (Å²) in [4.78, 5) is 0. The number of rotatable bonds is 7. The van der Waals surface area contributed by atoms with Crippen molar-refractivity contribution in [1.29, 1.82) is 0 Å². The first-order valence-corrected chi connectivity index (χ1v) is 6.70. The van der Waals surface area contributed by atoms with Gasteiger partial charge in [-0.05, 0) is 18.5 Å². The van der Waals surface area contributed by atoms with Gasteiger partial charge in [-0.15, -0.1) is 0 Å². The van der Waals surface area contributed by atoms with Gasteiger partial charge in [-0.1, -0.05) is 32.3 Å². The summed E-state index contributed by atoms with van der Waals surface area (Å²) in [6.45, 7) is 2.59. The highest BCUT2D eigenvalue weighted by molar-refractivity contribution is 5.21. The minimum absolute atomic E-state index is 0.307. The lowest BCUT2D eigenvalue weighted by Gasteiger charge is -2.34. The van der Waals surface area contributed by atoms with Gasteiger partial charge in [-0.2, -0.15) is 0 Å². The highest BCUT2D eigenvalue weighted by Gasteiger charge is 2.36. The van der Waals surface area contributed by atoms with Crippen molar-refractivity contribution in [3.8, 4) is 0 Å². The number of unbranched alkanes of at least 4 members (excludes halogenated alkanes) is 3. The average molecular weight is 259 g/mol. The molecule has 0 fully saturated rings. The number of nitrogens with one attached hydrogen (secondary N) is 1. The Hall–Kier alpha value is -0.460. The molecule has 0 saturated heterocycles. The van der Waals surface area contributed by atoms with Crippen LogP contribution in [0.1, 0.15) is 32.6 Å². The number of hydrogen-bond donors (Lipinski definition) is 5. The molecule has 5 N–H and O–H groups in total. The van der Waals surface area contributed by atoms with Crippen LogP contribution in [0, 0.1) is 0 Å². The van der Waals surface area contributed by atoms with E-state index >= 15 is 0 Å². The SMILES string of the molecule is CCCCCCN[C@@H]1C=C(CO)[C@H](O)[C@H](O)[C@H]1O. The molecular weight excluding hydrogens is 234 g/mol. The van der Waals surface area contributed by atoms with Crippen molar-refractivity contribution in [3.63, 3.8) is 0 Å². The van der Waals surface area contributed by atoms with E-state index in [-0.39, 0.29) is 6.61 Å². The molecule has 0 heterocycles. The Labute approximate surface area is 108 Å². The van der Waals surface area contributed by atoms with Gasteiger partial charge in [-0.25, -0.2) is 0 Å². The second-order valence-corrected chi connectivity index (χ2v) is 4.87. The lowest BCUT2D eigenvalue weighted by atomic mass is 9.88. The second kappa shape index (κ2) is 7.86. The van der Waals surface area contributed by atoms with Gasteiger partial charge in [0.25, 0.3) is 0 Å². The number of aliphatic hydroxyl groups is 4. The fourth-order valence-corrected chi connectivity index (χ4v) is 2.19. The highest BCUT2D eigenvalue weighted by Crippen LogP contribution is 2.20. The zero-order chi connectivity index (χ0) is 13.5. The van der Waals surface area contributed by atoms with Crippen LogP contribution in [0.2, 0.25) is 0 Å². The molecule has 0 bridgehead atoms. The maximum atomic E-state index is 9.83. The monoisotopic (exact) mass is 259 g/mol. The summed E-state index contributed by atoms with van der Waals surface area (Å²) in [7, 11) is 0. The Morgan fingerprint density at radius 3 is 2.44 bits per heavy atom. The third kappa shape index (κ3) is 4.03. The molecule has 0 aromatic heterocycles. The average Bonchev–Trinajstić information content (AvgIpc) is 2.38. The highest BCUT2D eigenvalue weighted by atomic mass is 16.4. The second-order valence-electron chi connectivity index (χ2n) is 4.87. The van der Waals surface area contributed by atoms with Crippen LogP contribution in [0.5, 0.6) is 0 Å². The maximum absolute atomic E-state index is 9.83. The Morgan fingerprint density at radius 1 is 1.11 bits per heavy atom. The van der Waals surface area contributed by atoms with E-state index in [0.29, 0.717) is 5.57 Å². The molecule has 5 nitrogen and oxygen atoms in total. The van der Waals surface area contributed by atoms with E-state index in [0.717, 1.165) is 19.4 Å². The molecule has 1 rings (SSSR count). The summed E-state index contributed by atoms with van der Waals surface area (Å²) >= 11 is 0. The molecule has 0 amide bonds. The van der Waals surface area contributed by atoms with Gasteiger partial charge in [-0.3, -0.25) is 0 Å². The first kappa shape index (κ1) is 15.6. The Bertz CT molecular complexity index is 270. The lowest BCUT2D eigenvalue weighted by Crippen LogP contribution is -2.54. The number of hydrogen-bond acceptors (Lipinski definition) is 5. The summed E-state index contributed by atoms with van der Waals surface area (Å²) in [5.74, 6) is 0. The Kier molecular flexibility index (Phi) is 6.81. The first-order chi connectivity index (χ1) is 8.61. The first-order valence-electron chi connectivity index (χ1n) is 6.70. The molecule has 0 aromatic carbocycles. The zero-order valence-corrected chi connectivity index (χ0v) is 10.9. The third-order valence-electron chi connectivity index (χ3n) is 3.41. The fourth-order valence-electron chi connectivity index (χ4n) is 2.19. The predicted octanol–water partition coefficient (Wildman–Crippen LogP) is -0.460. The van der Waals surface area contributed by atoms with E-state index < -0.39 is 24.4 Å². The van der Waals surface area contributed by atoms with Crippen molar-refractivity contribution < 1.29 is 20.4 Å². The minimum atomic E-state index is -1.25. The van der Waals surface area contributed by atoms with Crippen LogP contribution in [0.15, 0.2) is 11.6 Å². The molecule has 0 spiro atoms. The summed E-state index contributed by atoms with van der Waals surface area (Å²) < 4.78 is 0. The maximum Gasteiger partial charge on any atom is 0.111 e. The van der Waals surface area contributed by atoms with Gasteiger partial charge in [0.05, 0.1) is 12.6 Å². The van der Waals surface area contributed by atoms with Crippen LogP contribution >= 0.6 is 0 Å². The van der Waals surface area contributed by atoms with E-state index in [9.17, 15) is 15.3 Å². The Morgan fingerprint density at radius 2 is 1.83 bits per heavy atom. The van der Waals surface area contributed by atoms with Crippen molar-refractivity contribution in [2.45, 2.75) is 57.0 Å². The normalized spacial score (nSPS) is 32.4. The van der Waals surface area contributed by atoms with Gasteiger partial charge < -0.3 is 25.7 Å². The van der Waals surface area contributed by atoms with Crippen molar-refractivity contribution in [1.82, 2.24) is 5.32 Å². The molecule has 106 valence electrons. The van der Waals surface area contributed by atoms with E-state index in [1.165, 1.54) is 12.8 Å². The molecule has 18 heavy (non-hydrogen) atoms. The van der Waals surface area contributed by atoms with E-state index in [4.69, 9.17) is 5.11 Å². The van der Waals surface area contributed by atoms with E-state index in [1.54, 1.807) is 6.08 Å². The standard InChI is InChI=1S/C13H25NO4/c1-2-3-4-5-6-14-10-7-9(8-15)11(16)13(18)12(10)17/h7,10-18H,2-6,8H2,1H3/t10-,11+,12+,13+/m1/s1. The molecule has 0 saturated carbocycles. The molecular formula is C13H25NO4.